The number of carbonyl (C=O) groups is 2. The normalized spacial score (nSPS) is 24.9. The number of hydrazone groups is 1. The van der Waals surface area contributed by atoms with Crippen molar-refractivity contribution in [2.75, 3.05) is 5.32 Å². The van der Waals surface area contributed by atoms with Crippen molar-refractivity contribution in [3.63, 3.8) is 0 Å². The molecule has 0 saturated heterocycles. The Morgan fingerprint density at radius 2 is 2.37 bits per heavy atom. The van der Waals surface area contributed by atoms with Gasteiger partial charge >= 0.3 is 0 Å². The predicted molar refractivity (Wildman–Crippen MR) is 74.3 cm³/mol. The maximum absolute atomic E-state index is 11.6. The highest BCUT2D eigenvalue weighted by Gasteiger charge is 2.42. The summed E-state index contributed by atoms with van der Waals surface area (Å²) in [5, 5.41) is 9.07. The van der Waals surface area contributed by atoms with Crippen molar-refractivity contribution in [2.24, 2.45) is 10.5 Å². The summed E-state index contributed by atoms with van der Waals surface area (Å²) in [6.07, 6.45) is 2.31. The average Bonchev–Trinajstić information content (AvgIpc) is 2.70. The summed E-state index contributed by atoms with van der Waals surface area (Å²) in [7, 11) is 0. The van der Waals surface area contributed by atoms with Crippen molar-refractivity contribution in [3.8, 4) is 0 Å². The number of fused-ring (bicyclic) bond motifs is 3. The average molecular weight is 277 g/mol. The first-order chi connectivity index (χ1) is 8.99. The van der Waals surface area contributed by atoms with E-state index in [-0.39, 0.29) is 17.2 Å². The van der Waals surface area contributed by atoms with Gasteiger partial charge in [-0.1, -0.05) is 6.92 Å². The fraction of sp³-hybridized carbons (Fsp3) is 0.462. The quantitative estimate of drug-likeness (QED) is 0.823. The molecule has 2 heterocycles. The molecule has 5 nitrogen and oxygen atoms in total. The molecule has 2 aliphatic rings. The molecule has 2 N–H and O–H groups in total. The molecular weight excluding hydrogens is 262 g/mol. The van der Waals surface area contributed by atoms with E-state index in [4.69, 9.17) is 0 Å². The molecule has 0 saturated carbocycles. The Kier molecular flexibility index (Phi) is 2.70. The van der Waals surface area contributed by atoms with Crippen LogP contribution >= 0.6 is 11.3 Å². The molecule has 1 atom stereocenters. The minimum absolute atomic E-state index is 0.0361. The molecule has 3 rings (SSSR count). The number of amides is 2. The van der Waals surface area contributed by atoms with E-state index < -0.39 is 0 Å². The molecule has 0 spiro atoms. The topological polar surface area (TPSA) is 70.6 Å². The molecule has 19 heavy (non-hydrogen) atoms. The number of hydrogen-bond donors (Lipinski definition) is 2. The first kappa shape index (κ1) is 12.3. The molecule has 0 radical (unpaired) electrons. The van der Waals surface area contributed by atoms with Crippen LogP contribution in [0.1, 0.15) is 37.1 Å². The second kappa shape index (κ2) is 4.16. The number of hydrogen-bond acceptors (Lipinski definition) is 4. The Morgan fingerprint density at radius 3 is 3.11 bits per heavy atom. The molecule has 6 heteroatoms. The molecule has 0 bridgehead atoms. The van der Waals surface area contributed by atoms with Crippen LogP contribution in [-0.4, -0.2) is 17.5 Å². The molecule has 0 fully saturated rings. The summed E-state index contributed by atoms with van der Waals surface area (Å²) < 4.78 is 0. The van der Waals surface area contributed by atoms with Gasteiger partial charge in [-0.25, -0.2) is 5.43 Å². The first-order valence-electron chi connectivity index (χ1n) is 6.25. The van der Waals surface area contributed by atoms with Gasteiger partial charge in [-0.15, -0.1) is 11.3 Å². The van der Waals surface area contributed by atoms with Crippen LogP contribution < -0.4 is 10.7 Å². The summed E-state index contributed by atoms with van der Waals surface area (Å²) >= 11 is 1.64. The lowest BCUT2D eigenvalue weighted by atomic mass is 9.70. The van der Waals surface area contributed by atoms with Gasteiger partial charge in [0.15, 0.2) is 0 Å². The zero-order valence-corrected chi connectivity index (χ0v) is 11.7. The zero-order chi connectivity index (χ0) is 13.6. The maximum atomic E-state index is 11.6. The van der Waals surface area contributed by atoms with Crippen LogP contribution in [-0.2, 0) is 16.0 Å². The minimum Gasteiger partial charge on any atom is -0.325 e. The first-order valence-corrected chi connectivity index (χ1v) is 7.13. The highest BCUT2D eigenvalue weighted by atomic mass is 32.1. The largest absolute Gasteiger partial charge is 0.325 e. The van der Waals surface area contributed by atoms with Gasteiger partial charge in [-0.05, 0) is 12.8 Å². The number of anilines is 1. The monoisotopic (exact) mass is 277 g/mol. The third kappa shape index (κ3) is 1.96. The van der Waals surface area contributed by atoms with E-state index in [0.717, 1.165) is 29.8 Å². The second-order valence-electron chi connectivity index (χ2n) is 5.36. The molecule has 100 valence electrons. The highest BCUT2D eigenvalue weighted by molar-refractivity contribution is 7.11. The zero-order valence-electron chi connectivity index (χ0n) is 10.9. The second-order valence-corrected chi connectivity index (χ2v) is 6.33. The molecule has 1 aliphatic carbocycles. The Bertz CT molecular complexity index is 605. The number of thiophene rings is 1. The maximum Gasteiger partial charge on any atom is 0.241 e. The van der Waals surface area contributed by atoms with E-state index in [2.05, 4.69) is 22.8 Å². The van der Waals surface area contributed by atoms with Crippen molar-refractivity contribution < 1.29 is 9.59 Å². The molecule has 1 aromatic rings. The van der Waals surface area contributed by atoms with E-state index in [1.165, 1.54) is 11.8 Å². The molecule has 1 aromatic heterocycles. The third-order valence-electron chi connectivity index (χ3n) is 3.73. The summed E-state index contributed by atoms with van der Waals surface area (Å²) in [6.45, 7) is 3.57. The smallest absolute Gasteiger partial charge is 0.241 e. The van der Waals surface area contributed by atoms with E-state index in [1.54, 1.807) is 11.3 Å². The van der Waals surface area contributed by atoms with Gasteiger partial charge in [0.2, 0.25) is 11.8 Å². The van der Waals surface area contributed by atoms with Crippen molar-refractivity contribution in [1.29, 1.82) is 0 Å². The van der Waals surface area contributed by atoms with Crippen molar-refractivity contribution in [1.82, 2.24) is 5.43 Å². The lowest BCUT2D eigenvalue weighted by Crippen LogP contribution is -2.43. The fourth-order valence-corrected chi connectivity index (χ4v) is 3.79. The van der Waals surface area contributed by atoms with E-state index in [1.807, 2.05) is 5.38 Å². The standard InChI is InChI=1S/C13H15N3O2S/c1-7(17)14-8-6-19-9-3-4-13(2)5-10(18)15-16-12(13)11(8)9/h6H,3-5H2,1-2H3,(H,14,17)(H,15,18). The van der Waals surface area contributed by atoms with Crippen LogP contribution in [0.3, 0.4) is 0 Å². The lowest BCUT2D eigenvalue weighted by Gasteiger charge is -2.37. The van der Waals surface area contributed by atoms with Gasteiger partial charge in [-0.3, -0.25) is 9.59 Å². The molecular formula is C13H15N3O2S. The van der Waals surface area contributed by atoms with Crippen LogP contribution in [0, 0.1) is 5.41 Å². The van der Waals surface area contributed by atoms with Gasteiger partial charge in [0.25, 0.3) is 0 Å². The number of rotatable bonds is 1. The van der Waals surface area contributed by atoms with Crippen LogP contribution in [0.4, 0.5) is 5.69 Å². The summed E-state index contributed by atoms with van der Waals surface area (Å²) in [5.41, 5.74) is 5.06. The van der Waals surface area contributed by atoms with Gasteiger partial charge < -0.3 is 5.32 Å². The van der Waals surface area contributed by atoms with Gasteiger partial charge in [-0.2, -0.15) is 5.10 Å². The van der Waals surface area contributed by atoms with E-state index in [9.17, 15) is 9.59 Å². The molecule has 2 amide bonds. The van der Waals surface area contributed by atoms with Crippen molar-refractivity contribution >= 4 is 34.6 Å². The minimum atomic E-state index is -0.219. The Morgan fingerprint density at radius 1 is 1.58 bits per heavy atom. The predicted octanol–water partition coefficient (Wildman–Crippen LogP) is 1.88. The van der Waals surface area contributed by atoms with Crippen LogP contribution in [0.25, 0.3) is 0 Å². The van der Waals surface area contributed by atoms with Gasteiger partial charge in [0, 0.05) is 34.6 Å². The van der Waals surface area contributed by atoms with Crippen molar-refractivity contribution in [2.45, 2.75) is 33.1 Å². The van der Waals surface area contributed by atoms with E-state index in [0.29, 0.717) is 6.42 Å². The molecule has 1 unspecified atom stereocenters. The SMILES string of the molecule is CC(=O)Nc1csc2c1C1=NNC(=O)CC1(C)CC2. The number of aryl methyl sites for hydroxylation is 1. The number of nitrogens with zero attached hydrogens (tertiary/aromatic N) is 1. The molecule has 1 aliphatic heterocycles. The van der Waals surface area contributed by atoms with Crippen LogP contribution in [0.15, 0.2) is 10.5 Å². The Hall–Kier alpha value is -1.69. The molecule has 0 aromatic carbocycles. The summed E-state index contributed by atoms with van der Waals surface area (Å²) in [5.74, 6) is -0.126. The third-order valence-corrected chi connectivity index (χ3v) is 4.78. The number of nitrogens with one attached hydrogen (secondary N) is 2. The van der Waals surface area contributed by atoms with Crippen LogP contribution in [0.2, 0.25) is 0 Å². The van der Waals surface area contributed by atoms with Gasteiger partial charge in [0.1, 0.15) is 0 Å². The van der Waals surface area contributed by atoms with Crippen molar-refractivity contribution in [3.05, 3.63) is 15.8 Å². The summed E-state index contributed by atoms with van der Waals surface area (Å²) in [4.78, 5) is 24.1. The Balaban J connectivity index is 2.10. The lowest BCUT2D eigenvalue weighted by molar-refractivity contribution is -0.123. The Labute approximate surface area is 115 Å². The van der Waals surface area contributed by atoms with Crippen LogP contribution in [0.5, 0.6) is 0 Å². The summed E-state index contributed by atoms with van der Waals surface area (Å²) in [6, 6.07) is 0. The number of carbonyl (C=O) groups excluding carboxylic acids is 2. The van der Waals surface area contributed by atoms with Gasteiger partial charge in [0.05, 0.1) is 11.4 Å². The highest BCUT2D eigenvalue weighted by Crippen LogP contribution is 2.44. The van der Waals surface area contributed by atoms with E-state index >= 15 is 0 Å². The fourth-order valence-electron chi connectivity index (χ4n) is 2.81.